The largest absolute Gasteiger partial charge is 0.433 e. The highest BCUT2D eigenvalue weighted by atomic mass is 19.4. The van der Waals surface area contributed by atoms with Crippen LogP contribution in [0.2, 0.25) is 0 Å². The van der Waals surface area contributed by atoms with E-state index in [-0.39, 0.29) is 17.7 Å². The SMILES string of the molecule is Cc1ccccc1C1CN(c2cc(C(F)(F)F)nc(-c3ccncc3)n2)CCO1. The molecule has 1 saturated heterocycles. The van der Waals surface area contributed by atoms with Gasteiger partial charge in [0.2, 0.25) is 0 Å². The summed E-state index contributed by atoms with van der Waals surface area (Å²) >= 11 is 0. The molecule has 150 valence electrons. The second-order valence-electron chi connectivity index (χ2n) is 6.83. The summed E-state index contributed by atoms with van der Waals surface area (Å²) in [6.45, 7) is 3.25. The first kappa shape index (κ1) is 19.3. The third-order valence-electron chi connectivity index (χ3n) is 4.87. The van der Waals surface area contributed by atoms with Gasteiger partial charge < -0.3 is 9.64 Å². The Morgan fingerprint density at radius 2 is 1.83 bits per heavy atom. The highest BCUT2D eigenvalue weighted by molar-refractivity contribution is 5.57. The fourth-order valence-electron chi connectivity index (χ4n) is 3.37. The molecule has 0 saturated carbocycles. The number of pyridine rings is 1. The number of ether oxygens (including phenoxy) is 1. The van der Waals surface area contributed by atoms with Crippen molar-refractivity contribution in [1.82, 2.24) is 15.0 Å². The third kappa shape index (κ3) is 4.22. The van der Waals surface area contributed by atoms with E-state index >= 15 is 0 Å². The number of hydrogen-bond acceptors (Lipinski definition) is 5. The minimum absolute atomic E-state index is 0.0242. The van der Waals surface area contributed by atoms with Gasteiger partial charge >= 0.3 is 6.18 Å². The lowest BCUT2D eigenvalue weighted by Gasteiger charge is -2.34. The van der Waals surface area contributed by atoms with Crippen molar-refractivity contribution in [3.63, 3.8) is 0 Å². The number of rotatable bonds is 3. The molecular formula is C21H19F3N4O. The summed E-state index contributed by atoms with van der Waals surface area (Å²) in [5, 5.41) is 0. The normalized spacial score (nSPS) is 17.4. The summed E-state index contributed by atoms with van der Waals surface area (Å²) in [7, 11) is 0. The maximum absolute atomic E-state index is 13.5. The molecule has 2 aromatic heterocycles. The minimum atomic E-state index is -4.57. The molecule has 1 unspecified atom stereocenters. The molecular weight excluding hydrogens is 381 g/mol. The van der Waals surface area contributed by atoms with Gasteiger partial charge in [-0.3, -0.25) is 4.98 Å². The summed E-state index contributed by atoms with van der Waals surface area (Å²) in [4.78, 5) is 13.9. The number of alkyl halides is 3. The average molecular weight is 400 g/mol. The molecule has 1 aliphatic rings. The van der Waals surface area contributed by atoms with Crippen molar-refractivity contribution in [3.8, 4) is 11.4 Å². The monoisotopic (exact) mass is 400 g/mol. The molecule has 0 bridgehead atoms. The van der Waals surface area contributed by atoms with Crippen molar-refractivity contribution in [2.75, 3.05) is 24.6 Å². The Kier molecular flexibility index (Phi) is 5.19. The number of aryl methyl sites for hydroxylation is 1. The Labute approximate surface area is 166 Å². The topological polar surface area (TPSA) is 51.1 Å². The second-order valence-corrected chi connectivity index (χ2v) is 6.83. The first-order chi connectivity index (χ1) is 13.9. The Hall–Kier alpha value is -3.00. The first-order valence-corrected chi connectivity index (χ1v) is 9.20. The molecule has 3 heterocycles. The zero-order chi connectivity index (χ0) is 20.4. The van der Waals surface area contributed by atoms with Crippen LogP contribution in [0, 0.1) is 6.92 Å². The van der Waals surface area contributed by atoms with Crippen LogP contribution in [0.4, 0.5) is 19.0 Å². The van der Waals surface area contributed by atoms with Gasteiger partial charge in [-0.05, 0) is 30.2 Å². The molecule has 1 atom stereocenters. The van der Waals surface area contributed by atoms with Gasteiger partial charge in [-0.2, -0.15) is 13.2 Å². The van der Waals surface area contributed by atoms with E-state index in [1.807, 2.05) is 36.1 Å². The van der Waals surface area contributed by atoms with E-state index in [1.54, 1.807) is 12.1 Å². The van der Waals surface area contributed by atoms with E-state index < -0.39 is 11.9 Å². The summed E-state index contributed by atoms with van der Waals surface area (Å²) in [5.41, 5.74) is 1.62. The van der Waals surface area contributed by atoms with Crippen molar-refractivity contribution in [2.45, 2.75) is 19.2 Å². The van der Waals surface area contributed by atoms with Crippen molar-refractivity contribution in [2.24, 2.45) is 0 Å². The predicted molar refractivity (Wildman–Crippen MR) is 102 cm³/mol. The number of benzene rings is 1. The van der Waals surface area contributed by atoms with E-state index in [2.05, 4.69) is 15.0 Å². The molecule has 29 heavy (non-hydrogen) atoms. The van der Waals surface area contributed by atoms with Crippen LogP contribution in [-0.2, 0) is 10.9 Å². The van der Waals surface area contributed by atoms with Gasteiger partial charge in [-0.25, -0.2) is 9.97 Å². The second kappa shape index (κ2) is 7.79. The van der Waals surface area contributed by atoms with Gasteiger partial charge in [0.15, 0.2) is 11.5 Å². The van der Waals surface area contributed by atoms with Crippen molar-refractivity contribution < 1.29 is 17.9 Å². The van der Waals surface area contributed by atoms with Crippen molar-refractivity contribution in [1.29, 1.82) is 0 Å². The fraction of sp³-hybridized carbons (Fsp3) is 0.286. The van der Waals surface area contributed by atoms with E-state index in [0.29, 0.717) is 25.3 Å². The van der Waals surface area contributed by atoms with Gasteiger partial charge in [0, 0.05) is 37.1 Å². The molecule has 0 amide bonds. The fourth-order valence-corrected chi connectivity index (χ4v) is 3.37. The summed E-state index contributed by atoms with van der Waals surface area (Å²) in [6, 6.07) is 12.0. The molecule has 0 spiro atoms. The Morgan fingerprint density at radius 3 is 2.55 bits per heavy atom. The van der Waals surface area contributed by atoms with Crippen LogP contribution in [0.25, 0.3) is 11.4 Å². The maximum atomic E-state index is 13.5. The van der Waals surface area contributed by atoms with E-state index in [4.69, 9.17) is 4.74 Å². The Morgan fingerprint density at radius 1 is 1.07 bits per heavy atom. The first-order valence-electron chi connectivity index (χ1n) is 9.20. The van der Waals surface area contributed by atoms with Crippen molar-refractivity contribution in [3.05, 3.63) is 71.7 Å². The lowest BCUT2D eigenvalue weighted by molar-refractivity contribution is -0.141. The molecule has 5 nitrogen and oxygen atoms in total. The number of nitrogens with zero attached hydrogens (tertiary/aromatic N) is 4. The van der Waals surface area contributed by atoms with Gasteiger partial charge in [-0.15, -0.1) is 0 Å². The Balaban J connectivity index is 1.71. The van der Waals surface area contributed by atoms with Gasteiger partial charge in [-0.1, -0.05) is 24.3 Å². The lowest BCUT2D eigenvalue weighted by atomic mass is 10.0. The zero-order valence-electron chi connectivity index (χ0n) is 15.7. The van der Waals surface area contributed by atoms with E-state index in [1.165, 1.54) is 12.4 Å². The van der Waals surface area contributed by atoms with E-state index in [9.17, 15) is 13.2 Å². The number of hydrogen-bond donors (Lipinski definition) is 0. The van der Waals surface area contributed by atoms with Crippen LogP contribution in [0.1, 0.15) is 22.9 Å². The minimum Gasteiger partial charge on any atom is -0.370 e. The lowest BCUT2D eigenvalue weighted by Crippen LogP contribution is -2.39. The average Bonchev–Trinajstić information content (AvgIpc) is 2.74. The zero-order valence-corrected chi connectivity index (χ0v) is 15.7. The molecule has 1 aromatic carbocycles. The molecule has 0 aliphatic carbocycles. The number of morpholine rings is 1. The summed E-state index contributed by atoms with van der Waals surface area (Å²) in [6.07, 6.45) is -1.80. The molecule has 3 aromatic rings. The highest BCUT2D eigenvalue weighted by Gasteiger charge is 2.35. The number of halogens is 3. The smallest absolute Gasteiger partial charge is 0.370 e. The van der Waals surface area contributed by atoms with Gasteiger partial charge in [0.1, 0.15) is 11.9 Å². The van der Waals surface area contributed by atoms with Crippen LogP contribution in [0.3, 0.4) is 0 Å². The van der Waals surface area contributed by atoms with Crippen LogP contribution in [0.15, 0.2) is 54.9 Å². The summed E-state index contributed by atoms with van der Waals surface area (Å²) in [5.74, 6) is 0.261. The molecule has 0 N–H and O–H groups in total. The number of aromatic nitrogens is 3. The predicted octanol–water partition coefficient (Wildman–Crippen LogP) is 4.44. The van der Waals surface area contributed by atoms with Crippen LogP contribution < -0.4 is 4.90 Å². The standard InChI is InChI=1S/C21H19F3N4O/c1-14-4-2-3-5-16(14)17-13-28(10-11-29-17)19-12-18(21(22,23)24)26-20(27-19)15-6-8-25-9-7-15/h2-9,12,17H,10-11,13H2,1H3. The maximum Gasteiger partial charge on any atom is 0.433 e. The third-order valence-corrected chi connectivity index (χ3v) is 4.87. The van der Waals surface area contributed by atoms with E-state index in [0.717, 1.165) is 17.2 Å². The van der Waals surface area contributed by atoms with Crippen LogP contribution in [-0.4, -0.2) is 34.6 Å². The van der Waals surface area contributed by atoms with Crippen LogP contribution >= 0.6 is 0 Å². The molecule has 1 fully saturated rings. The quantitative estimate of drug-likeness (QED) is 0.651. The molecule has 4 rings (SSSR count). The van der Waals surface area contributed by atoms with Gasteiger partial charge in [0.25, 0.3) is 0 Å². The van der Waals surface area contributed by atoms with Gasteiger partial charge in [0.05, 0.1) is 6.61 Å². The van der Waals surface area contributed by atoms with Crippen molar-refractivity contribution >= 4 is 5.82 Å². The Bertz CT molecular complexity index is 995. The number of anilines is 1. The molecule has 0 radical (unpaired) electrons. The van der Waals surface area contributed by atoms with Crippen LogP contribution in [0.5, 0.6) is 0 Å². The molecule has 1 aliphatic heterocycles. The highest BCUT2D eigenvalue weighted by Crippen LogP contribution is 2.33. The molecule has 8 heteroatoms. The summed E-state index contributed by atoms with van der Waals surface area (Å²) < 4.78 is 46.3.